The number of benzene rings is 2. The summed E-state index contributed by atoms with van der Waals surface area (Å²) in [4.78, 5) is 42.7. The maximum absolute atomic E-state index is 11.1. The lowest BCUT2D eigenvalue weighted by atomic mass is 10.3. The van der Waals surface area contributed by atoms with E-state index in [1.165, 1.54) is 0 Å². The summed E-state index contributed by atoms with van der Waals surface area (Å²) in [5, 5.41) is 12.8. The molecule has 0 saturated carbocycles. The Kier molecular flexibility index (Phi) is 8.60. The van der Waals surface area contributed by atoms with Crippen LogP contribution in [0.2, 0.25) is 0 Å². The Morgan fingerprint density at radius 2 is 1.23 bits per heavy atom. The van der Waals surface area contributed by atoms with Gasteiger partial charge in [0, 0.05) is 11.4 Å². The molecule has 26 heavy (non-hydrogen) atoms. The highest BCUT2D eigenvalue weighted by molar-refractivity contribution is 6.37. The highest BCUT2D eigenvalue weighted by Crippen LogP contribution is 2.05. The Hall–Kier alpha value is -3.68. The van der Waals surface area contributed by atoms with Gasteiger partial charge in [-0.25, -0.2) is 9.59 Å². The summed E-state index contributed by atoms with van der Waals surface area (Å²) in [5.74, 6) is -4.13. The molecule has 0 saturated heterocycles. The van der Waals surface area contributed by atoms with Gasteiger partial charge in [-0.2, -0.15) is 0 Å². The minimum atomic E-state index is -1.49. The van der Waals surface area contributed by atoms with Crippen LogP contribution in [0.4, 0.5) is 11.4 Å². The molecule has 0 aliphatic rings. The van der Waals surface area contributed by atoms with Crippen LogP contribution in [0.25, 0.3) is 0 Å². The Balaban J connectivity index is 0.000000263. The van der Waals surface area contributed by atoms with Crippen LogP contribution < -0.4 is 10.6 Å². The molecule has 0 aliphatic carbocycles. The molecule has 0 aliphatic heterocycles. The molecule has 2 aromatic rings. The second kappa shape index (κ2) is 11.0. The average molecular weight is 358 g/mol. The van der Waals surface area contributed by atoms with E-state index in [1.54, 1.807) is 61.5 Å². The van der Waals surface area contributed by atoms with Crippen molar-refractivity contribution in [1.29, 1.82) is 0 Å². The van der Waals surface area contributed by atoms with E-state index in [0.29, 0.717) is 11.4 Å². The molecule has 0 atom stereocenters. The fourth-order valence-electron chi connectivity index (χ4n) is 1.61. The quantitative estimate of drug-likeness (QED) is 0.569. The van der Waals surface area contributed by atoms with Gasteiger partial charge >= 0.3 is 23.8 Å². The fraction of sp³-hybridized carbons (Fsp3) is 0.111. The Labute approximate surface area is 149 Å². The summed E-state index contributed by atoms with van der Waals surface area (Å²) >= 11 is 0. The lowest BCUT2D eigenvalue weighted by Crippen LogP contribution is -2.24. The van der Waals surface area contributed by atoms with Gasteiger partial charge in [0.1, 0.15) is 0 Å². The van der Waals surface area contributed by atoms with Crippen LogP contribution in [0.5, 0.6) is 0 Å². The fourth-order valence-corrected chi connectivity index (χ4v) is 1.61. The molecule has 136 valence electrons. The smallest absolute Gasteiger partial charge is 0.397 e. The van der Waals surface area contributed by atoms with Crippen molar-refractivity contribution < 1.29 is 29.0 Å². The molecule has 0 aromatic heterocycles. The minimum absolute atomic E-state index is 0.195. The van der Waals surface area contributed by atoms with Gasteiger partial charge in [-0.05, 0) is 31.2 Å². The van der Waals surface area contributed by atoms with Crippen LogP contribution in [0.15, 0.2) is 60.7 Å². The number of rotatable bonds is 3. The Morgan fingerprint density at radius 3 is 1.62 bits per heavy atom. The summed E-state index contributed by atoms with van der Waals surface area (Å²) in [5.41, 5.74) is 1.05. The molecule has 0 radical (unpaired) electrons. The zero-order chi connectivity index (χ0) is 19.4. The lowest BCUT2D eigenvalue weighted by Gasteiger charge is -2.03. The van der Waals surface area contributed by atoms with Crippen molar-refractivity contribution in [3.8, 4) is 0 Å². The average Bonchev–Trinajstić information content (AvgIpc) is 2.64. The number of para-hydroxylation sites is 2. The molecule has 0 fully saturated rings. The van der Waals surface area contributed by atoms with E-state index in [1.807, 2.05) is 6.07 Å². The third-order valence-electron chi connectivity index (χ3n) is 2.72. The van der Waals surface area contributed by atoms with E-state index < -0.39 is 23.8 Å². The van der Waals surface area contributed by atoms with Gasteiger partial charge < -0.3 is 20.5 Å². The van der Waals surface area contributed by atoms with E-state index in [4.69, 9.17) is 5.11 Å². The lowest BCUT2D eigenvalue weighted by molar-refractivity contribution is -0.152. The standard InChI is InChI=1S/C10H11NO3.C8H7NO3/c1-2-14-10(13)9(12)11-8-6-4-3-5-7-8;10-7(8(11)12)9-6-4-2-1-3-5-6/h3-7H,2H2,1H3,(H,11,12);1-5H,(H,9,10)(H,11,12). The normalized spacial score (nSPS) is 9.12. The predicted octanol–water partition coefficient (Wildman–Crippen LogP) is 1.90. The minimum Gasteiger partial charge on any atom is -0.474 e. The van der Waals surface area contributed by atoms with Gasteiger partial charge in [0.2, 0.25) is 0 Å². The van der Waals surface area contributed by atoms with Crippen molar-refractivity contribution in [2.45, 2.75) is 6.92 Å². The van der Waals surface area contributed by atoms with Crippen LogP contribution >= 0.6 is 0 Å². The third-order valence-corrected chi connectivity index (χ3v) is 2.72. The van der Waals surface area contributed by atoms with Gasteiger partial charge in [-0.1, -0.05) is 36.4 Å². The number of hydrogen-bond acceptors (Lipinski definition) is 5. The number of carboxylic acids is 1. The van der Waals surface area contributed by atoms with E-state index >= 15 is 0 Å². The second-order valence-electron chi connectivity index (χ2n) is 4.67. The van der Waals surface area contributed by atoms with Crippen molar-refractivity contribution in [3.63, 3.8) is 0 Å². The van der Waals surface area contributed by atoms with Gasteiger partial charge in [-0.3, -0.25) is 9.59 Å². The number of ether oxygens (including phenoxy) is 1. The van der Waals surface area contributed by atoms with E-state index in [2.05, 4.69) is 15.4 Å². The molecule has 0 heterocycles. The molecule has 2 aromatic carbocycles. The van der Waals surface area contributed by atoms with Crippen LogP contribution in [-0.2, 0) is 23.9 Å². The van der Waals surface area contributed by atoms with Crippen LogP contribution in [0, 0.1) is 0 Å². The number of amides is 2. The maximum Gasteiger partial charge on any atom is 0.397 e. The largest absolute Gasteiger partial charge is 0.474 e. The second-order valence-corrected chi connectivity index (χ2v) is 4.67. The molecule has 8 heteroatoms. The van der Waals surface area contributed by atoms with E-state index in [0.717, 1.165) is 0 Å². The van der Waals surface area contributed by atoms with Gasteiger partial charge in [-0.15, -0.1) is 0 Å². The first-order chi connectivity index (χ1) is 12.4. The first kappa shape index (κ1) is 20.4. The first-order valence-electron chi connectivity index (χ1n) is 7.56. The Bertz CT molecular complexity index is 747. The molecule has 2 rings (SSSR count). The van der Waals surface area contributed by atoms with Crippen molar-refractivity contribution in [3.05, 3.63) is 60.7 Å². The molecular weight excluding hydrogens is 340 g/mol. The number of carbonyl (C=O) groups is 4. The molecule has 8 nitrogen and oxygen atoms in total. The molecular formula is C18H18N2O6. The molecule has 0 unspecified atom stereocenters. The first-order valence-corrected chi connectivity index (χ1v) is 7.56. The summed E-state index contributed by atoms with van der Waals surface area (Å²) in [6.07, 6.45) is 0. The molecule has 2 amide bonds. The molecule has 0 bridgehead atoms. The van der Waals surface area contributed by atoms with Crippen LogP contribution in [-0.4, -0.2) is 35.5 Å². The summed E-state index contributed by atoms with van der Waals surface area (Å²) in [6.45, 7) is 1.84. The SMILES string of the molecule is CCOC(=O)C(=O)Nc1ccccc1.O=C(O)C(=O)Nc1ccccc1. The third kappa shape index (κ3) is 7.73. The number of hydrogen-bond donors (Lipinski definition) is 3. The topological polar surface area (TPSA) is 122 Å². The van der Waals surface area contributed by atoms with Gasteiger partial charge in [0.15, 0.2) is 0 Å². The number of carboxylic acid groups (broad SMARTS) is 1. The number of carbonyl (C=O) groups excluding carboxylic acids is 3. The number of esters is 1. The monoisotopic (exact) mass is 358 g/mol. The summed E-state index contributed by atoms with van der Waals surface area (Å²) < 4.78 is 4.52. The summed E-state index contributed by atoms with van der Waals surface area (Å²) in [7, 11) is 0. The van der Waals surface area contributed by atoms with Gasteiger partial charge in [0.25, 0.3) is 0 Å². The molecule has 0 spiro atoms. The number of aliphatic carboxylic acids is 1. The Morgan fingerprint density at radius 1 is 0.808 bits per heavy atom. The van der Waals surface area contributed by atoms with Crippen molar-refractivity contribution in [2.75, 3.05) is 17.2 Å². The van der Waals surface area contributed by atoms with Gasteiger partial charge in [0.05, 0.1) is 6.61 Å². The van der Waals surface area contributed by atoms with E-state index in [9.17, 15) is 19.2 Å². The predicted molar refractivity (Wildman–Crippen MR) is 94.4 cm³/mol. The molecule has 3 N–H and O–H groups in total. The van der Waals surface area contributed by atoms with Crippen molar-refractivity contribution in [1.82, 2.24) is 0 Å². The van der Waals surface area contributed by atoms with Crippen molar-refractivity contribution in [2.24, 2.45) is 0 Å². The van der Waals surface area contributed by atoms with E-state index in [-0.39, 0.29) is 6.61 Å². The van der Waals surface area contributed by atoms with Crippen molar-refractivity contribution >= 4 is 35.1 Å². The summed E-state index contributed by atoms with van der Waals surface area (Å²) in [6, 6.07) is 17.1. The van der Waals surface area contributed by atoms with Crippen LogP contribution in [0.3, 0.4) is 0 Å². The highest BCUT2D eigenvalue weighted by atomic mass is 16.5. The zero-order valence-corrected chi connectivity index (χ0v) is 14.0. The number of nitrogens with one attached hydrogen (secondary N) is 2. The number of anilines is 2. The van der Waals surface area contributed by atoms with Crippen LogP contribution in [0.1, 0.15) is 6.92 Å². The maximum atomic E-state index is 11.1. The zero-order valence-electron chi connectivity index (χ0n) is 14.0. The highest BCUT2D eigenvalue weighted by Gasteiger charge is 2.14.